The Kier molecular flexibility index (Phi) is 3.46. The Labute approximate surface area is 95.4 Å². The number of halogens is 2. The first-order valence-electron chi connectivity index (χ1n) is 4.29. The predicted molar refractivity (Wildman–Crippen MR) is 58.1 cm³/mol. The Balaban J connectivity index is 3.30. The van der Waals surface area contributed by atoms with Crippen LogP contribution in [0.3, 0.4) is 0 Å². The van der Waals surface area contributed by atoms with E-state index in [-0.39, 0.29) is 5.56 Å². The van der Waals surface area contributed by atoms with E-state index in [2.05, 4.69) is 21.2 Å². The van der Waals surface area contributed by atoms with Crippen molar-refractivity contribution in [2.45, 2.75) is 12.5 Å². The van der Waals surface area contributed by atoms with Gasteiger partial charge in [-0.05, 0) is 26.1 Å². The average molecular weight is 276 g/mol. The molecule has 0 saturated carbocycles. The molecule has 1 unspecified atom stereocenters. The smallest absolute Gasteiger partial charge is 0.328 e. The Hall–Kier alpha value is -0.940. The second kappa shape index (κ2) is 4.28. The first-order chi connectivity index (χ1) is 6.91. The maximum absolute atomic E-state index is 13.6. The first kappa shape index (κ1) is 12.1. The summed E-state index contributed by atoms with van der Waals surface area (Å²) in [7, 11) is 1.48. The lowest BCUT2D eigenvalue weighted by atomic mass is 9.92. The number of carboxylic acid groups (broad SMARTS) is 1. The molecule has 0 aliphatic rings. The SMILES string of the molecule is CNC(C)(C(=O)O)c1ccc(Br)cc1F. The number of hydrogen-bond acceptors (Lipinski definition) is 2. The van der Waals surface area contributed by atoms with Crippen molar-refractivity contribution in [2.24, 2.45) is 0 Å². The monoisotopic (exact) mass is 275 g/mol. The molecule has 2 N–H and O–H groups in total. The lowest BCUT2D eigenvalue weighted by Gasteiger charge is -2.25. The molecule has 1 rings (SSSR count). The highest BCUT2D eigenvalue weighted by atomic mass is 79.9. The minimum absolute atomic E-state index is 0.112. The fourth-order valence-corrected chi connectivity index (χ4v) is 1.58. The molecule has 0 radical (unpaired) electrons. The van der Waals surface area contributed by atoms with Gasteiger partial charge in [-0.2, -0.15) is 0 Å². The van der Waals surface area contributed by atoms with Gasteiger partial charge in [0.2, 0.25) is 0 Å². The van der Waals surface area contributed by atoms with E-state index in [9.17, 15) is 9.18 Å². The van der Waals surface area contributed by atoms with Gasteiger partial charge >= 0.3 is 5.97 Å². The van der Waals surface area contributed by atoms with Crippen LogP contribution >= 0.6 is 15.9 Å². The Morgan fingerprint density at radius 1 is 1.60 bits per heavy atom. The third-order valence-corrected chi connectivity index (χ3v) is 2.89. The molecule has 0 aliphatic carbocycles. The molecule has 1 aromatic carbocycles. The van der Waals surface area contributed by atoms with Gasteiger partial charge in [0, 0.05) is 10.0 Å². The van der Waals surface area contributed by atoms with Crippen LogP contribution in [0.5, 0.6) is 0 Å². The molecule has 82 valence electrons. The van der Waals surface area contributed by atoms with Crippen molar-refractivity contribution in [3.63, 3.8) is 0 Å². The van der Waals surface area contributed by atoms with Crippen LogP contribution in [0.1, 0.15) is 12.5 Å². The molecule has 0 heterocycles. The molecule has 0 saturated heterocycles. The van der Waals surface area contributed by atoms with Gasteiger partial charge in [0.25, 0.3) is 0 Å². The maximum Gasteiger partial charge on any atom is 0.328 e. The van der Waals surface area contributed by atoms with E-state index in [1.807, 2.05) is 0 Å². The highest BCUT2D eigenvalue weighted by Gasteiger charge is 2.35. The molecule has 0 aromatic heterocycles. The second-order valence-electron chi connectivity index (χ2n) is 3.30. The van der Waals surface area contributed by atoms with Gasteiger partial charge in [-0.3, -0.25) is 0 Å². The van der Waals surface area contributed by atoms with Gasteiger partial charge in [0.05, 0.1) is 0 Å². The van der Waals surface area contributed by atoms with Gasteiger partial charge in [-0.15, -0.1) is 0 Å². The van der Waals surface area contributed by atoms with E-state index in [1.165, 1.54) is 26.1 Å². The molecule has 0 bridgehead atoms. The minimum Gasteiger partial charge on any atom is -0.480 e. The summed E-state index contributed by atoms with van der Waals surface area (Å²) in [4.78, 5) is 11.0. The van der Waals surface area contributed by atoms with Crippen LogP contribution in [0.15, 0.2) is 22.7 Å². The number of nitrogens with one attached hydrogen (secondary N) is 1. The standard InChI is InChI=1S/C10H11BrFNO2/c1-10(13-2,9(14)15)7-4-3-6(11)5-8(7)12/h3-5,13H,1-2H3,(H,14,15). The fourth-order valence-electron chi connectivity index (χ4n) is 1.25. The van der Waals surface area contributed by atoms with Crippen molar-refractivity contribution in [1.29, 1.82) is 0 Å². The molecule has 15 heavy (non-hydrogen) atoms. The van der Waals surface area contributed by atoms with E-state index in [0.29, 0.717) is 4.47 Å². The van der Waals surface area contributed by atoms with Gasteiger partial charge in [-0.25, -0.2) is 9.18 Å². The number of benzene rings is 1. The fraction of sp³-hybridized carbons (Fsp3) is 0.300. The van der Waals surface area contributed by atoms with Gasteiger partial charge in [-0.1, -0.05) is 22.0 Å². The van der Waals surface area contributed by atoms with Crippen molar-refractivity contribution in [2.75, 3.05) is 7.05 Å². The van der Waals surface area contributed by atoms with Gasteiger partial charge in [0.15, 0.2) is 0 Å². The highest BCUT2D eigenvalue weighted by Crippen LogP contribution is 2.25. The van der Waals surface area contributed by atoms with Crippen LogP contribution in [-0.4, -0.2) is 18.1 Å². The molecular weight excluding hydrogens is 265 g/mol. The number of rotatable bonds is 3. The van der Waals surface area contributed by atoms with E-state index < -0.39 is 17.3 Å². The molecular formula is C10H11BrFNO2. The summed E-state index contributed by atoms with van der Waals surface area (Å²) in [6.45, 7) is 1.42. The zero-order chi connectivity index (χ0) is 11.6. The molecule has 1 aromatic rings. The Morgan fingerprint density at radius 3 is 2.60 bits per heavy atom. The third-order valence-electron chi connectivity index (χ3n) is 2.40. The highest BCUT2D eigenvalue weighted by molar-refractivity contribution is 9.10. The summed E-state index contributed by atoms with van der Waals surface area (Å²) >= 11 is 3.11. The predicted octanol–water partition coefficient (Wildman–Crippen LogP) is 2.11. The maximum atomic E-state index is 13.6. The lowest BCUT2D eigenvalue weighted by molar-refractivity contribution is -0.144. The van der Waals surface area contributed by atoms with Crippen molar-refractivity contribution < 1.29 is 14.3 Å². The lowest BCUT2D eigenvalue weighted by Crippen LogP contribution is -2.45. The molecule has 3 nitrogen and oxygen atoms in total. The molecule has 5 heteroatoms. The summed E-state index contributed by atoms with van der Waals surface area (Å²) in [6.07, 6.45) is 0. The van der Waals surface area contributed by atoms with Crippen LogP contribution in [0.2, 0.25) is 0 Å². The zero-order valence-corrected chi connectivity index (χ0v) is 9.93. The van der Waals surface area contributed by atoms with Gasteiger partial charge in [0.1, 0.15) is 11.4 Å². The number of carbonyl (C=O) groups is 1. The van der Waals surface area contributed by atoms with E-state index in [1.54, 1.807) is 6.07 Å². The van der Waals surface area contributed by atoms with Gasteiger partial charge < -0.3 is 10.4 Å². The summed E-state index contributed by atoms with van der Waals surface area (Å²) in [6, 6.07) is 4.30. The van der Waals surface area contributed by atoms with Crippen LogP contribution in [-0.2, 0) is 10.3 Å². The topological polar surface area (TPSA) is 49.3 Å². The molecule has 0 aliphatic heterocycles. The zero-order valence-electron chi connectivity index (χ0n) is 8.34. The van der Waals surface area contributed by atoms with E-state index in [0.717, 1.165) is 0 Å². The largest absolute Gasteiger partial charge is 0.480 e. The quantitative estimate of drug-likeness (QED) is 0.889. The van der Waals surface area contributed by atoms with Crippen LogP contribution in [0, 0.1) is 5.82 Å². The van der Waals surface area contributed by atoms with Crippen molar-refractivity contribution in [3.05, 3.63) is 34.1 Å². The third kappa shape index (κ3) is 2.18. The normalized spacial score (nSPS) is 14.7. The van der Waals surface area contributed by atoms with Crippen molar-refractivity contribution >= 4 is 21.9 Å². The number of carboxylic acids is 1. The van der Waals surface area contributed by atoms with Crippen LogP contribution < -0.4 is 5.32 Å². The number of aliphatic carboxylic acids is 1. The minimum atomic E-state index is -1.41. The summed E-state index contributed by atoms with van der Waals surface area (Å²) in [5.74, 6) is -1.67. The Bertz CT molecular complexity index is 397. The number of likely N-dealkylation sites (N-methyl/N-ethyl adjacent to an activating group) is 1. The second-order valence-corrected chi connectivity index (χ2v) is 4.22. The Morgan fingerprint density at radius 2 is 2.20 bits per heavy atom. The van der Waals surface area contributed by atoms with Crippen LogP contribution in [0.25, 0.3) is 0 Å². The molecule has 1 atom stereocenters. The summed E-state index contributed by atoms with van der Waals surface area (Å²) in [5.41, 5.74) is -1.30. The summed E-state index contributed by atoms with van der Waals surface area (Å²) in [5, 5.41) is 11.6. The molecule has 0 spiro atoms. The number of hydrogen-bond donors (Lipinski definition) is 2. The summed E-state index contributed by atoms with van der Waals surface area (Å²) < 4.78 is 14.1. The van der Waals surface area contributed by atoms with Crippen molar-refractivity contribution in [3.8, 4) is 0 Å². The van der Waals surface area contributed by atoms with Crippen molar-refractivity contribution in [1.82, 2.24) is 5.32 Å². The van der Waals surface area contributed by atoms with E-state index in [4.69, 9.17) is 5.11 Å². The average Bonchev–Trinajstić information content (AvgIpc) is 2.16. The van der Waals surface area contributed by atoms with Crippen LogP contribution in [0.4, 0.5) is 4.39 Å². The van der Waals surface area contributed by atoms with E-state index >= 15 is 0 Å². The first-order valence-corrected chi connectivity index (χ1v) is 5.09. The molecule has 0 fully saturated rings. The molecule has 0 amide bonds.